The topological polar surface area (TPSA) is 84.8 Å². The molecule has 2 aromatic rings. The number of aromatic nitrogens is 2. The zero-order valence-electron chi connectivity index (χ0n) is 23.4. The largest absolute Gasteiger partial charge is 0.486 e. The van der Waals surface area contributed by atoms with Gasteiger partial charge in [0.15, 0.2) is 11.9 Å². The van der Waals surface area contributed by atoms with Gasteiger partial charge in [-0.05, 0) is 70.9 Å². The minimum atomic E-state index is -1.11. The van der Waals surface area contributed by atoms with E-state index in [-0.39, 0.29) is 6.10 Å². The average Bonchev–Trinajstić information content (AvgIpc) is 2.78. The monoisotopic (exact) mass is 497 g/mol. The number of aryl methyl sites for hydroxylation is 1. The molecular formula is C29H43N3O4. The quantitative estimate of drug-likeness (QED) is 0.449. The lowest BCUT2D eigenvalue weighted by atomic mass is 9.82. The summed E-state index contributed by atoms with van der Waals surface area (Å²) in [6.45, 7) is 20.4. The maximum absolute atomic E-state index is 12.0. The molecule has 0 bridgehead atoms. The molecule has 0 radical (unpaired) electrons. The summed E-state index contributed by atoms with van der Waals surface area (Å²) in [5.41, 5.74) is 3.54. The van der Waals surface area contributed by atoms with E-state index in [1.165, 1.54) is 0 Å². The van der Waals surface area contributed by atoms with E-state index in [4.69, 9.17) is 14.5 Å². The van der Waals surface area contributed by atoms with Gasteiger partial charge >= 0.3 is 5.97 Å². The zero-order valence-corrected chi connectivity index (χ0v) is 23.4. The first-order valence-corrected chi connectivity index (χ1v) is 13.0. The number of hydrogen-bond donors (Lipinski definition) is 1. The molecule has 2 atom stereocenters. The van der Waals surface area contributed by atoms with Crippen molar-refractivity contribution in [1.29, 1.82) is 0 Å². The fraction of sp³-hybridized carbons (Fsp3) is 0.621. The fourth-order valence-corrected chi connectivity index (χ4v) is 4.20. The molecule has 0 saturated carbocycles. The van der Waals surface area contributed by atoms with Crippen LogP contribution in [0.15, 0.2) is 24.5 Å². The summed E-state index contributed by atoms with van der Waals surface area (Å²) >= 11 is 0. The van der Waals surface area contributed by atoms with Crippen LogP contribution in [0, 0.1) is 18.3 Å². The number of carboxylic acid groups (broad SMARTS) is 1. The first-order chi connectivity index (χ1) is 16.7. The number of ether oxygens (including phenoxy) is 2. The van der Waals surface area contributed by atoms with Crippen molar-refractivity contribution in [2.75, 3.05) is 18.0 Å². The molecule has 0 aromatic carbocycles. The second-order valence-electron chi connectivity index (χ2n) is 12.1. The third kappa shape index (κ3) is 6.96. The number of carboxylic acids is 1. The minimum absolute atomic E-state index is 0.0483. The van der Waals surface area contributed by atoms with Crippen LogP contribution < -0.4 is 9.64 Å². The molecule has 198 valence electrons. The highest BCUT2D eigenvalue weighted by atomic mass is 16.5. The summed E-state index contributed by atoms with van der Waals surface area (Å²) in [7, 11) is 0. The summed E-state index contributed by atoms with van der Waals surface area (Å²) in [5.74, 6) is 0.146. The predicted molar refractivity (Wildman–Crippen MR) is 144 cm³/mol. The summed E-state index contributed by atoms with van der Waals surface area (Å²) in [6.07, 6.45) is 4.41. The molecule has 1 aliphatic heterocycles. The Kier molecular flexibility index (Phi) is 8.33. The normalized spacial score (nSPS) is 17.7. The molecule has 0 spiro atoms. The van der Waals surface area contributed by atoms with Gasteiger partial charge in [0.2, 0.25) is 0 Å². The summed E-state index contributed by atoms with van der Waals surface area (Å²) in [4.78, 5) is 23.6. The van der Waals surface area contributed by atoms with Gasteiger partial charge in [-0.3, -0.25) is 4.98 Å². The van der Waals surface area contributed by atoms with E-state index in [0.717, 1.165) is 54.3 Å². The average molecular weight is 498 g/mol. The molecule has 1 aliphatic rings. The molecule has 2 aromatic heterocycles. The SMILES string of the molecule is Cc1nc(-c2cncc(C(OC(C)(C)C)C(=O)O)c2)cc(N2CCC(C)(C)CC2)c1OC(C)C(C)C. The van der Waals surface area contributed by atoms with Crippen molar-refractivity contribution in [3.05, 3.63) is 35.8 Å². The van der Waals surface area contributed by atoms with Crippen LogP contribution in [0.3, 0.4) is 0 Å². The second-order valence-corrected chi connectivity index (χ2v) is 12.1. The Morgan fingerprint density at radius 2 is 1.75 bits per heavy atom. The predicted octanol–water partition coefficient (Wildman–Crippen LogP) is 6.44. The molecule has 1 N–H and O–H groups in total. The van der Waals surface area contributed by atoms with Crippen LogP contribution in [0.25, 0.3) is 11.3 Å². The zero-order chi connectivity index (χ0) is 26.8. The van der Waals surface area contributed by atoms with E-state index in [0.29, 0.717) is 16.9 Å². The molecule has 3 heterocycles. The highest BCUT2D eigenvalue weighted by Gasteiger charge is 2.30. The van der Waals surface area contributed by atoms with Crippen molar-refractivity contribution in [1.82, 2.24) is 9.97 Å². The van der Waals surface area contributed by atoms with Crippen molar-refractivity contribution < 1.29 is 19.4 Å². The summed E-state index contributed by atoms with van der Waals surface area (Å²) < 4.78 is 12.3. The molecule has 2 unspecified atom stereocenters. The molecule has 1 saturated heterocycles. The maximum Gasteiger partial charge on any atom is 0.337 e. The standard InChI is InChI=1S/C29H43N3O4/c1-18(2)20(4)35-25-19(3)31-23(15-24(25)32-12-10-29(8,9)11-13-32)21-14-22(17-30-16-21)26(27(33)34)36-28(5,6)7/h14-18,20,26H,10-13H2,1-9H3,(H,33,34). The number of nitrogens with zero attached hydrogens (tertiary/aromatic N) is 3. The molecule has 3 rings (SSSR count). The minimum Gasteiger partial charge on any atom is -0.486 e. The number of rotatable bonds is 8. The van der Waals surface area contributed by atoms with Crippen molar-refractivity contribution in [2.24, 2.45) is 11.3 Å². The van der Waals surface area contributed by atoms with Crippen LogP contribution >= 0.6 is 0 Å². The van der Waals surface area contributed by atoms with E-state index in [2.05, 4.69) is 50.6 Å². The highest BCUT2D eigenvalue weighted by Crippen LogP contribution is 2.40. The van der Waals surface area contributed by atoms with Crippen molar-refractivity contribution in [3.63, 3.8) is 0 Å². The van der Waals surface area contributed by atoms with Crippen LogP contribution in [-0.2, 0) is 9.53 Å². The summed E-state index contributed by atoms with van der Waals surface area (Å²) in [5, 5.41) is 9.83. The van der Waals surface area contributed by atoms with E-state index in [9.17, 15) is 9.90 Å². The Hall–Kier alpha value is -2.67. The van der Waals surface area contributed by atoms with Gasteiger partial charge in [0.25, 0.3) is 0 Å². The molecule has 1 fully saturated rings. The number of hydrogen-bond acceptors (Lipinski definition) is 6. The molecular weight excluding hydrogens is 454 g/mol. The van der Waals surface area contributed by atoms with Gasteiger partial charge in [0, 0.05) is 36.6 Å². The fourth-order valence-electron chi connectivity index (χ4n) is 4.20. The smallest absolute Gasteiger partial charge is 0.337 e. The van der Waals surface area contributed by atoms with Crippen LogP contribution in [0.4, 0.5) is 5.69 Å². The Morgan fingerprint density at radius 1 is 1.11 bits per heavy atom. The molecule has 0 aliphatic carbocycles. The molecule has 7 heteroatoms. The number of pyridine rings is 2. The van der Waals surface area contributed by atoms with Gasteiger partial charge in [-0.15, -0.1) is 0 Å². The molecule has 36 heavy (non-hydrogen) atoms. The van der Waals surface area contributed by atoms with E-state index < -0.39 is 17.7 Å². The lowest BCUT2D eigenvalue weighted by molar-refractivity contribution is -0.160. The number of piperidine rings is 1. The van der Waals surface area contributed by atoms with Crippen LogP contribution in [-0.4, -0.2) is 45.8 Å². The Balaban J connectivity index is 2.06. The highest BCUT2D eigenvalue weighted by molar-refractivity contribution is 5.76. The van der Waals surface area contributed by atoms with Gasteiger partial charge in [-0.2, -0.15) is 0 Å². The Labute approximate surface area is 216 Å². The number of carbonyl (C=O) groups is 1. The van der Waals surface area contributed by atoms with Gasteiger partial charge in [0.1, 0.15) is 0 Å². The lowest BCUT2D eigenvalue weighted by Gasteiger charge is -2.39. The molecule has 7 nitrogen and oxygen atoms in total. The van der Waals surface area contributed by atoms with E-state index >= 15 is 0 Å². The Morgan fingerprint density at radius 3 is 2.31 bits per heavy atom. The third-order valence-corrected chi connectivity index (χ3v) is 6.88. The first-order valence-electron chi connectivity index (χ1n) is 13.0. The number of aliphatic carboxylic acids is 1. The van der Waals surface area contributed by atoms with Crippen molar-refractivity contribution in [2.45, 2.75) is 93.0 Å². The van der Waals surface area contributed by atoms with Gasteiger partial charge < -0.3 is 19.5 Å². The van der Waals surface area contributed by atoms with E-state index in [1.807, 2.05) is 33.8 Å². The van der Waals surface area contributed by atoms with Crippen LogP contribution in [0.5, 0.6) is 5.75 Å². The second kappa shape index (κ2) is 10.8. The van der Waals surface area contributed by atoms with E-state index in [1.54, 1.807) is 12.4 Å². The van der Waals surface area contributed by atoms with Gasteiger partial charge in [0.05, 0.1) is 28.8 Å². The number of anilines is 1. The summed E-state index contributed by atoms with van der Waals surface area (Å²) in [6, 6.07) is 3.88. The van der Waals surface area contributed by atoms with Crippen molar-refractivity contribution in [3.8, 4) is 17.0 Å². The Bertz CT molecular complexity index is 1060. The van der Waals surface area contributed by atoms with Gasteiger partial charge in [-0.1, -0.05) is 27.7 Å². The van der Waals surface area contributed by atoms with Crippen molar-refractivity contribution >= 4 is 11.7 Å². The first kappa shape index (κ1) is 27.9. The lowest BCUT2D eigenvalue weighted by Crippen LogP contribution is -2.38. The third-order valence-electron chi connectivity index (χ3n) is 6.88. The molecule has 0 amide bonds. The van der Waals surface area contributed by atoms with Crippen LogP contribution in [0.2, 0.25) is 0 Å². The van der Waals surface area contributed by atoms with Crippen LogP contribution in [0.1, 0.15) is 85.6 Å². The van der Waals surface area contributed by atoms with Gasteiger partial charge in [-0.25, -0.2) is 9.78 Å². The maximum atomic E-state index is 12.0.